The molecule has 0 amide bonds. The molecule has 2 rings (SSSR count). The number of rotatable bonds is 1. The number of aliphatic imine (C=N–C) groups is 1. The summed E-state index contributed by atoms with van der Waals surface area (Å²) >= 11 is 11.3. The number of halogens is 2. The third-order valence-corrected chi connectivity index (χ3v) is 4.82. The number of nitrogens with one attached hydrogen (secondary N) is 1. The first-order valence-electron chi connectivity index (χ1n) is 5.42. The molecule has 0 atom stereocenters. The van der Waals surface area contributed by atoms with E-state index in [1.807, 2.05) is 18.2 Å². The Morgan fingerprint density at radius 3 is 2.94 bits per heavy atom. The Hall–Kier alpha value is -0.190. The van der Waals surface area contributed by atoms with Crippen molar-refractivity contribution in [3.8, 4) is 0 Å². The minimum atomic E-state index is 0.0264. The Morgan fingerprint density at radius 1 is 1.47 bits per heavy atom. The highest BCUT2D eigenvalue weighted by Crippen LogP contribution is 2.32. The van der Waals surface area contributed by atoms with Crippen LogP contribution in [-0.2, 0) is 0 Å². The van der Waals surface area contributed by atoms with E-state index in [1.54, 1.807) is 11.8 Å². The van der Waals surface area contributed by atoms with Crippen molar-refractivity contribution in [2.45, 2.75) is 25.8 Å². The van der Waals surface area contributed by atoms with Gasteiger partial charge in [0.15, 0.2) is 5.17 Å². The van der Waals surface area contributed by atoms with Crippen molar-refractivity contribution in [2.24, 2.45) is 4.99 Å². The molecule has 92 valence electrons. The first-order valence-corrected chi connectivity index (χ1v) is 7.57. The highest BCUT2D eigenvalue weighted by Gasteiger charge is 2.22. The lowest BCUT2D eigenvalue weighted by molar-refractivity contribution is 0.507. The highest BCUT2D eigenvalue weighted by atomic mass is 79.9. The van der Waals surface area contributed by atoms with Crippen molar-refractivity contribution < 1.29 is 0 Å². The molecule has 5 heteroatoms. The average molecular weight is 334 g/mol. The van der Waals surface area contributed by atoms with Gasteiger partial charge in [0.1, 0.15) is 0 Å². The lowest BCUT2D eigenvalue weighted by atomic mass is 10.0. The molecule has 1 aromatic carbocycles. The molecular weight excluding hydrogens is 320 g/mol. The number of benzene rings is 1. The predicted molar refractivity (Wildman–Crippen MR) is 81.4 cm³/mol. The van der Waals surface area contributed by atoms with E-state index in [2.05, 4.69) is 40.1 Å². The van der Waals surface area contributed by atoms with Gasteiger partial charge in [-0.25, -0.2) is 0 Å². The van der Waals surface area contributed by atoms with Crippen LogP contribution in [0, 0.1) is 0 Å². The van der Waals surface area contributed by atoms with Crippen molar-refractivity contribution in [1.29, 1.82) is 0 Å². The smallest absolute Gasteiger partial charge is 0.161 e. The Balaban J connectivity index is 2.21. The molecule has 1 heterocycles. The van der Waals surface area contributed by atoms with Crippen LogP contribution in [0.25, 0.3) is 0 Å². The molecular formula is C12H14BrClN2S. The molecule has 1 N–H and O–H groups in total. The van der Waals surface area contributed by atoms with Gasteiger partial charge >= 0.3 is 0 Å². The average Bonchev–Trinajstić information content (AvgIpc) is 2.23. The third kappa shape index (κ3) is 3.39. The maximum Gasteiger partial charge on any atom is 0.161 e. The van der Waals surface area contributed by atoms with Gasteiger partial charge in [-0.05, 0) is 48.3 Å². The summed E-state index contributed by atoms with van der Waals surface area (Å²) in [6, 6.07) is 5.77. The van der Waals surface area contributed by atoms with Gasteiger partial charge in [-0.3, -0.25) is 4.99 Å². The molecule has 0 bridgehead atoms. The molecule has 0 aromatic heterocycles. The van der Waals surface area contributed by atoms with E-state index in [0.717, 1.165) is 27.5 Å². The van der Waals surface area contributed by atoms with E-state index in [9.17, 15) is 0 Å². The van der Waals surface area contributed by atoms with E-state index in [0.29, 0.717) is 5.02 Å². The van der Waals surface area contributed by atoms with Gasteiger partial charge in [0.25, 0.3) is 0 Å². The van der Waals surface area contributed by atoms with Crippen LogP contribution in [0.1, 0.15) is 20.3 Å². The molecule has 1 aliphatic rings. The lowest BCUT2D eigenvalue weighted by Gasteiger charge is -2.26. The zero-order valence-electron chi connectivity index (χ0n) is 9.76. The number of thioether (sulfide) groups is 1. The Labute approximate surface area is 119 Å². The summed E-state index contributed by atoms with van der Waals surface area (Å²) in [5.41, 5.74) is 0.986. The number of anilines is 1. The first-order chi connectivity index (χ1) is 7.98. The van der Waals surface area contributed by atoms with Crippen molar-refractivity contribution in [3.63, 3.8) is 0 Å². The van der Waals surface area contributed by atoms with E-state index in [-0.39, 0.29) is 5.54 Å². The molecule has 0 saturated carbocycles. The summed E-state index contributed by atoms with van der Waals surface area (Å²) in [5, 5.41) is 4.99. The van der Waals surface area contributed by atoms with Gasteiger partial charge in [-0.2, -0.15) is 0 Å². The van der Waals surface area contributed by atoms with E-state index in [4.69, 9.17) is 11.6 Å². The first kappa shape index (κ1) is 13.2. The van der Waals surface area contributed by atoms with Crippen LogP contribution < -0.4 is 5.32 Å². The second-order valence-corrected chi connectivity index (χ2v) is 6.84. The van der Waals surface area contributed by atoms with Crippen molar-refractivity contribution in [3.05, 3.63) is 27.7 Å². The maximum atomic E-state index is 6.05. The Bertz CT molecular complexity index is 460. The summed E-state index contributed by atoms with van der Waals surface area (Å²) in [7, 11) is 0. The standard InChI is InChI=1S/C12H14BrClN2S/c1-12(2)6-7-17-11(16-12)15-9-5-3-4-8(14)10(9)13/h3-5H,6-7H2,1-2H3,(H,15,16). The molecule has 2 nitrogen and oxygen atoms in total. The second kappa shape index (κ2) is 5.21. The SMILES string of the molecule is CC1(C)CCSC(Nc2cccc(Cl)c2Br)=N1. The van der Waals surface area contributed by atoms with Crippen LogP contribution in [0.2, 0.25) is 5.02 Å². The zero-order valence-corrected chi connectivity index (χ0v) is 12.9. The van der Waals surface area contributed by atoms with Crippen molar-refractivity contribution in [2.75, 3.05) is 11.1 Å². The highest BCUT2D eigenvalue weighted by molar-refractivity contribution is 9.10. The van der Waals surface area contributed by atoms with Gasteiger partial charge in [-0.1, -0.05) is 29.4 Å². The molecule has 1 aliphatic heterocycles. The fourth-order valence-electron chi connectivity index (χ4n) is 1.54. The largest absolute Gasteiger partial charge is 0.334 e. The van der Waals surface area contributed by atoms with Crippen LogP contribution in [0.5, 0.6) is 0 Å². The Morgan fingerprint density at radius 2 is 2.24 bits per heavy atom. The van der Waals surface area contributed by atoms with E-state index >= 15 is 0 Å². The summed E-state index contributed by atoms with van der Waals surface area (Å²) in [6.45, 7) is 4.31. The van der Waals surface area contributed by atoms with Gasteiger partial charge in [0.05, 0.1) is 20.7 Å². The summed E-state index contributed by atoms with van der Waals surface area (Å²) in [6.07, 6.45) is 1.11. The fraction of sp³-hybridized carbons (Fsp3) is 0.417. The predicted octanol–water partition coefficient (Wildman–Crippen LogP) is 4.79. The topological polar surface area (TPSA) is 24.4 Å². The molecule has 0 aliphatic carbocycles. The fourth-order valence-corrected chi connectivity index (χ4v) is 3.37. The van der Waals surface area contributed by atoms with E-state index in [1.165, 1.54) is 0 Å². The zero-order chi connectivity index (χ0) is 12.5. The molecule has 0 saturated heterocycles. The van der Waals surface area contributed by atoms with Crippen molar-refractivity contribution in [1.82, 2.24) is 0 Å². The van der Waals surface area contributed by atoms with Crippen molar-refractivity contribution >= 4 is 50.1 Å². The molecule has 0 unspecified atom stereocenters. The van der Waals surface area contributed by atoms with Gasteiger partial charge < -0.3 is 5.32 Å². The van der Waals surface area contributed by atoms with Crippen LogP contribution >= 0.6 is 39.3 Å². The quantitative estimate of drug-likeness (QED) is 0.799. The van der Waals surface area contributed by atoms with Gasteiger partial charge in [0, 0.05) is 5.75 Å². The minimum absolute atomic E-state index is 0.0264. The summed E-state index contributed by atoms with van der Waals surface area (Å²) in [5.74, 6) is 1.09. The number of hydrogen-bond acceptors (Lipinski definition) is 3. The third-order valence-electron chi connectivity index (χ3n) is 2.55. The summed E-state index contributed by atoms with van der Waals surface area (Å²) < 4.78 is 0.883. The number of amidine groups is 1. The van der Waals surface area contributed by atoms with Gasteiger partial charge in [0.2, 0.25) is 0 Å². The molecule has 1 aromatic rings. The summed E-state index contributed by atoms with van der Waals surface area (Å²) in [4.78, 5) is 4.68. The monoisotopic (exact) mass is 332 g/mol. The van der Waals surface area contributed by atoms with E-state index < -0.39 is 0 Å². The molecule has 0 radical (unpaired) electrons. The number of nitrogens with zero attached hydrogens (tertiary/aromatic N) is 1. The molecule has 17 heavy (non-hydrogen) atoms. The molecule has 0 spiro atoms. The van der Waals surface area contributed by atoms with Crippen LogP contribution in [0.4, 0.5) is 5.69 Å². The molecule has 0 fully saturated rings. The van der Waals surface area contributed by atoms with Crippen LogP contribution in [-0.4, -0.2) is 16.5 Å². The Kier molecular flexibility index (Phi) is 4.06. The van der Waals surface area contributed by atoms with Crippen LogP contribution in [0.3, 0.4) is 0 Å². The second-order valence-electron chi connectivity index (χ2n) is 4.55. The number of hydrogen-bond donors (Lipinski definition) is 1. The van der Waals surface area contributed by atoms with Gasteiger partial charge in [-0.15, -0.1) is 0 Å². The maximum absolute atomic E-state index is 6.05. The lowest BCUT2D eigenvalue weighted by Crippen LogP contribution is -2.27. The minimum Gasteiger partial charge on any atom is -0.334 e. The normalized spacial score (nSPS) is 18.7. The van der Waals surface area contributed by atoms with Crippen LogP contribution in [0.15, 0.2) is 27.7 Å².